The van der Waals surface area contributed by atoms with Crippen LogP contribution in [0, 0.1) is 20.8 Å². The number of Topliss-reactive ketones (excluding diaryl/α,β-unsaturated/α-hetero) is 1. The second-order valence-electron chi connectivity index (χ2n) is 7.27. The molecule has 4 heterocycles. The number of imidazole rings is 1. The van der Waals surface area contributed by atoms with Crippen LogP contribution in [-0.4, -0.2) is 33.1 Å². The lowest BCUT2D eigenvalue weighted by Gasteiger charge is -2.25. The van der Waals surface area contributed by atoms with Crippen LogP contribution < -0.4 is 9.67 Å². The number of hydrogen-bond acceptors (Lipinski definition) is 6. The van der Waals surface area contributed by atoms with E-state index in [1.165, 1.54) is 16.2 Å². The van der Waals surface area contributed by atoms with Gasteiger partial charge < -0.3 is 14.4 Å². The molecule has 0 radical (unpaired) electrons. The van der Waals surface area contributed by atoms with Gasteiger partial charge in [0.1, 0.15) is 30.0 Å². The highest BCUT2D eigenvalue weighted by Gasteiger charge is 2.41. The largest absolute Gasteiger partial charge is 0.868 e. The Morgan fingerprint density at radius 1 is 1.37 bits per heavy atom. The van der Waals surface area contributed by atoms with Crippen LogP contribution in [0.5, 0.6) is 0 Å². The molecule has 0 fully saturated rings. The highest BCUT2D eigenvalue weighted by atomic mass is 32.1. The van der Waals surface area contributed by atoms with Crippen molar-refractivity contribution in [2.75, 3.05) is 6.54 Å². The van der Waals surface area contributed by atoms with E-state index >= 15 is 0 Å². The van der Waals surface area contributed by atoms with Crippen LogP contribution in [0.1, 0.15) is 44.4 Å². The molecule has 0 bridgehead atoms. The van der Waals surface area contributed by atoms with Gasteiger partial charge in [-0.15, -0.1) is 11.3 Å². The zero-order chi connectivity index (χ0) is 21.4. The quantitative estimate of drug-likeness (QED) is 0.458. The molecule has 1 aliphatic rings. The predicted molar refractivity (Wildman–Crippen MR) is 106 cm³/mol. The van der Waals surface area contributed by atoms with Crippen molar-refractivity contribution in [2.45, 2.75) is 39.8 Å². The van der Waals surface area contributed by atoms with Gasteiger partial charge in [-0.3, -0.25) is 14.6 Å². The zero-order valence-electron chi connectivity index (χ0n) is 17.0. The number of rotatable bonds is 7. The number of aryl methyl sites for hydroxylation is 4. The Hall–Kier alpha value is -3.20. The van der Waals surface area contributed by atoms with Gasteiger partial charge in [0.25, 0.3) is 0 Å². The Balaban J connectivity index is 1.67. The van der Waals surface area contributed by atoms with Crippen LogP contribution in [0.4, 0.5) is 0 Å². The molecule has 156 valence electrons. The minimum Gasteiger partial charge on any atom is -0.868 e. The molecule has 3 aromatic heterocycles. The van der Waals surface area contributed by atoms with E-state index < -0.39 is 23.5 Å². The Kier molecular flexibility index (Phi) is 5.29. The maximum absolute atomic E-state index is 13.3. The van der Waals surface area contributed by atoms with Crippen molar-refractivity contribution in [1.82, 2.24) is 14.9 Å². The van der Waals surface area contributed by atoms with Crippen molar-refractivity contribution in [3.8, 4) is 0 Å². The summed E-state index contributed by atoms with van der Waals surface area (Å²) in [7, 11) is 0. The topological polar surface area (TPSA) is 106 Å². The van der Waals surface area contributed by atoms with E-state index in [9.17, 15) is 14.7 Å². The first-order valence-electron chi connectivity index (χ1n) is 9.66. The number of furan rings is 1. The van der Waals surface area contributed by atoms with Crippen molar-refractivity contribution in [1.29, 1.82) is 0 Å². The average Bonchev–Trinajstić information content (AvgIpc) is 3.47. The number of amides is 1. The molecule has 1 aliphatic heterocycles. The van der Waals surface area contributed by atoms with E-state index in [-0.39, 0.29) is 5.57 Å². The van der Waals surface area contributed by atoms with Crippen LogP contribution in [0.3, 0.4) is 0 Å². The van der Waals surface area contributed by atoms with Crippen molar-refractivity contribution in [3.63, 3.8) is 0 Å². The average molecular weight is 426 g/mol. The first kappa shape index (κ1) is 20.1. The van der Waals surface area contributed by atoms with Gasteiger partial charge in [0.15, 0.2) is 0 Å². The Bertz CT molecular complexity index is 1130. The molecule has 0 aromatic carbocycles. The molecule has 0 saturated heterocycles. The zero-order valence-corrected chi connectivity index (χ0v) is 17.8. The third kappa shape index (κ3) is 3.56. The summed E-state index contributed by atoms with van der Waals surface area (Å²) in [6.07, 6.45) is 6.14. The fraction of sp³-hybridized carbons (Fsp3) is 0.333. The third-order valence-corrected chi connectivity index (χ3v) is 6.16. The molecule has 4 rings (SSSR count). The van der Waals surface area contributed by atoms with E-state index in [4.69, 9.17) is 4.42 Å². The van der Waals surface area contributed by atoms with Gasteiger partial charge in [-0.25, -0.2) is 9.55 Å². The lowest BCUT2D eigenvalue weighted by molar-refractivity contribution is -0.695. The molecular formula is C21H22N4O4S. The normalized spacial score (nSPS) is 16.7. The molecular weight excluding hydrogens is 404 g/mol. The highest BCUT2D eigenvalue weighted by molar-refractivity contribution is 7.14. The molecule has 3 aromatic rings. The van der Waals surface area contributed by atoms with Crippen molar-refractivity contribution >= 4 is 23.0 Å². The number of carbonyl (C=O) groups is 2. The summed E-state index contributed by atoms with van der Waals surface area (Å²) < 4.78 is 7.71. The summed E-state index contributed by atoms with van der Waals surface area (Å²) in [4.78, 5) is 35.3. The van der Waals surface area contributed by atoms with Gasteiger partial charge in [0.2, 0.25) is 18.0 Å². The molecule has 0 saturated carbocycles. The second-order valence-corrected chi connectivity index (χ2v) is 8.47. The Labute approximate surface area is 177 Å². The van der Waals surface area contributed by atoms with E-state index in [2.05, 4.69) is 9.97 Å². The number of nitrogens with one attached hydrogen (secondary N) is 1. The third-order valence-electron chi connectivity index (χ3n) is 5.09. The Morgan fingerprint density at radius 2 is 2.17 bits per heavy atom. The molecule has 8 nitrogen and oxygen atoms in total. The van der Waals surface area contributed by atoms with Crippen LogP contribution in [0.25, 0.3) is 0 Å². The number of hydrogen-bond donors (Lipinski definition) is 1. The number of aromatic amines is 1. The maximum atomic E-state index is 13.3. The number of thiazole rings is 1. The standard InChI is InChI=1S/C21H22N4O4S/c1-12-5-6-15(29-12)17-16(18(26)20-13(2)23-14(3)30-20)19(27)21(28)25(17)9-4-8-24-10-7-22-11-24/h5-7,10-11,17H,4,8-9H2,1-3H3,(H,26,27). The van der Waals surface area contributed by atoms with Crippen LogP contribution in [0.2, 0.25) is 0 Å². The monoisotopic (exact) mass is 426 g/mol. The van der Waals surface area contributed by atoms with Gasteiger partial charge in [-0.1, -0.05) is 0 Å². The van der Waals surface area contributed by atoms with E-state index in [1.807, 2.05) is 23.3 Å². The van der Waals surface area contributed by atoms with Gasteiger partial charge >= 0.3 is 0 Å². The molecule has 0 aliphatic carbocycles. The molecule has 9 heteroatoms. The van der Waals surface area contributed by atoms with Crippen molar-refractivity contribution < 1.29 is 23.7 Å². The SMILES string of the molecule is Cc1ccc(C2C(C(=O)c3sc(C)nc3C)=C([O-])C(=O)N2CCC[n+]2cc[nH]c2)o1. The van der Waals surface area contributed by atoms with Crippen LogP contribution >= 0.6 is 11.3 Å². The molecule has 1 unspecified atom stereocenters. The first-order valence-corrected chi connectivity index (χ1v) is 10.5. The van der Waals surface area contributed by atoms with Gasteiger partial charge in [0.05, 0.1) is 22.1 Å². The van der Waals surface area contributed by atoms with E-state index in [0.717, 1.165) is 5.01 Å². The lowest BCUT2D eigenvalue weighted by atomic mass is 9.99. The minimum absolute atomic E-state index is 0.0598. The van der Waals surface area contributed by atoms with Crippen molar-refractivity contribution in [3.05, 3.63) is 69.3 Å². The molecule has 1 amide bonds. The summed E-state index contributed by atoms with van der Waals surface area (Å²) in [5, 5.41) is 13.6. The fourth-order valence-electron chi connectivity index (χ4n) is 3.74. The summed E-state index contributed by atoms with van der Waals surface area (Å²) in [6.45, 7) is 6.31. The highest BCUT2D eigenvalue weighted by Crippen LogP contribution is 2.40. The lowest BCUT2D eigenvalue weighted by Crippen LogP contribution is -2.37. The number of nitrogens with zero attached hydrogens (tertiary/aromatic N) is 3. The Morgan fingerprint density at radius 3 is 2.77 bits per heavy atom. The second kappa shape index (κ2) is 7.91. The number of carbonyl (C=O) groups excluding carboxylic acids is 2. The van der Waals surface area contributed by atoms with Crippen molar-refractivity contribution in [2.24, 2.45) is 0 Å². The fourth-order valence-corrected chi connectivity index (χ4v) is 4.62. The van der Waals surface area contributed by atoms with Crippen LogP contribution in [0.15, 0.2) is 46.6 Å². The number of ketones is 1. The minimum atomic E-state index is -0.829. The molecule has 1 N–H and O–H groups in total. The maximum Gasteiger partial charge on any atom is 0.241 e. The molecule has 1 atom stereocenters. The summed E-state index contributed by atoms with van der Waals surface area (Å²) >= 11 is 1.23. The van der Waals surface area contributed by atoms with Gasteiger partial charge in [-0.2, -0.15) is 0 Å². The van der Waals surface area contributed by atoms with E-state index in [1.54, 1.807) is 32.9 Å². The van der Waals surface area contributed by atoms with E-state index in [0.29, 0.717) is 41.6 Å². The first-order chi connectivity index (χ1) is 14.4. The molecule has 30 heavy (non-hydrogen) atoms. The summed E-state index contributed by atoms with van der Waals surface area (Å²) in [5.74, 6) is -0.813. The summed E-state index contributed by atoms with van der Waals surface area (Å²) in [6, 6.07) is 2.66. The van der Waals surface area contributed by atoms with Gasteiger partial charge in [-0.05, 0) is 38.7 Å². The summed E-state index contributed by atoms with van der Waals surface area (Å²) in [5.41, 5.74) is 0.502. The molecule has 0 spiro atoms. The van der Waals surface area contributed by atoms with Crippen LogP contribution in [-0.2, 0) is 11.3 Å². The number of aromatic nitrogens is 3. The number of H-pyrrole nitrogens is 1. The predicted octanol–water partition coefficient (Wildman–Crippen LogP) is 1.75. The smallest absolute Gasteiger partial charge is 0.241 e. The van der Waals surface area contributed by atoms with Gasteiger partial charge in [0, 0.05) is 18.5 Å².